The van der Waals surface area contributed by atoms with Crippen LogP contribution in [0.15, 0.2) is 53.5 Å². The van der Waals surface area contributed by atoms with Crippen molar-refractivity contribution in [1.82, 2.24) is 10.5 Å². The van der Waals surface area contributed by atoms with Gasteiger partial charge in [-0.15, -0.1) is 0 Å². The lowest BCUT2D eigenvalue weighted by Crippen LogP contribution is -2.16. The van der Waals surface area contributed by atoms with Gasteiger partial charge in [0.2, 0.25) is 0 Å². The van der Waals surface area contributed by atoms with Crippen LogP contribution in [0.25, 0.3) is 0 Å². The Balaban J connectivity index is 1.75. The summed E-state index contributed by atoms with van der Waals surface area (Å²) in [7, 11) is 0. The Bertz CT molecular complexity index is 508. The summed E-state index contributed by atoms with van der Waals surface area (Å²) >= 11 is 0. The van der Waals surface area contributed by atoms with Crippen LogP contribution >= 0.6 is 0 Å². The minimum absolute atomic E-state index is 0.0105. The maximum Gasteiger partial charge on any atom is 0.181 e. The first-order valence-corrected chi connectivity index (χ1v) is 5.41. The first-order valence-electron chi connectivity index (χ1n) is 5.41. The van der Waals surface area contributed by atoms with Crippen molar-refractivity contribution in [3.63, 3.8) is 0 Å². The summed E-state index contributed by atoms with van der Waals surface area (Å²) in [4.78, 5) is 19.3. The van der Waals surface area contributed by atoms with Crippen LogP contribution in [0.5, 0.6) is 0 Å². The van der Waals surface area contributed by atoms with Crippen LogP contribution in [0.3, 0.4) is 0 Å². The third-order valence-corrected chi connectivity index (χ3v) is 2.28. The molecule has 0 unspecified atom stereocenters. The highest BCUT2D eigenvalue weighted by Gasteiger charge is 1.94. The molecule has 2 N–H and O–H groups in total. The topological polar surface area (TPSA) is 54.1 Å². The van der Waals surface area contributed by atoms with Gasteiger partial charge in [0.25, 0.3) is 0 Å². The van der Waals surface area contributed by atoms with E-state index < -0.39 is 0 Å². The SMILES string of the molecule is O=c1cc[nH]c(CNOCc2ccccc2)c1. The van der Waals surface area contributed by atoms with Crippen molar-refractivity contribution in [2.45, 2.75) is 13.2 Å². The molecule has 0 atom stereocenters. The third kappa shape index (κ3) is 3.86. The Kier molecular flexibility index (Phi) is 4.07. The van der Waals surface area contributed by atoms with E-state index in [1.807, 2.05) is 30.3 Å². The lowest BCUT2D eigenvalue weighted by molar-refractivity contribution is 0.0228. The molecule has 1 heterocycles. The Morgan fingerprint density at radius 2 is 2.00 bits per heavy atom. The fraction of sp³-hybridized carbons (Fsp3) is 0.154. The van der Waals surface area contributed by atoms with Gasteiger partial charge in [-0.05, 0) is 5.56 Å². The van der Waals surface area contributed by atoms with Crippen LogP contribution in [0.4, 0.5) is 0 Å². The number of rotatable bonds is 5. The summed E-state index contributed by atoms with van der Waals surface area (Å²) in [6.45, 7) is 0.973. The molecule has 0 amide bonds. The number of hydrogen-bond acceptors (Lipinski definition) is 3. The zero-order chi connectivity index (χ0) is 11.9. The van der Waals surface area contributed by atoms with Crippen molar-refractivity contribution in [3.05, 3.63) is 70.1 Å². The zero-order valence-corrected chi connectivity index (χ0v) is 9.35. The normalized spacial score (nSPS) is 10.4. The van der Waals surface area contributed by atoms with Crippen LogP contribution in [0.2, 0.25) is 0 Å². The molecule has 2 aromatic rings. The van der Waals surface area contributed by atoms with Crippen molar-refractivity contribution in [1.29, 1.82) is 0 Å². The van der Waals surface area contributed by atoms with Gasteiger partial charge in [-0.25, -0.2) is 0 Å². The summed E-state index contributed by atoms with van der Waals surface area (Å²) in [5.74, 6) is 0. The molecule has 0 spiro atoms. The minimum atomic E-state index is -0.0105. The molecule has 1 aromatic carbocycles. The van der Waals surface area contributed by atoms with E-state index in [0.717, 1.165) is 11.3 Å². The Morgan fingerprint density at radius 1 is 1.18 bits per heavy atom. The van der Waals surface area contributed by atoms with Gasteiger partial charge in [-0.2, -0.15) is 5.48 Å². The second-order valence-electron chi connectivity index (χ2n) is 3.65. The van der Waals surface area contributed by atoms with E-state index in [1.54, 1.807) is 12.3 Å². The zero-order valence-electron chi connectivity index (χ0n) is 9.35. The average molecular weight is 230 g/mol. The lowest BCUT2D eigenvalue weighted by atomic mass is 10.2. The monoisotopic (exact) mass is 230 g/mol. The van der Waals surface area contributed by atoms with Gasteiger partial charge < -0.3 is 4.98 Å². The minimum Gasteiger partial charge on any atom is -0.364 e. The van der Waals surface area contributed by atoms with Gasteiger partial charge in [0, 0.05) is 24.0 Å². The Labute approximate surface area is 99.2 Å². The average Bonchev–Trinajstić information content (AvgIpc) is 2.36. The van der Waals surface area contributed by atoms with Crippen LogP contribution in [-0.2, 0) is 18.0 Å². The highest BCUT2D eigenvalue weighted by atomic mass is 16.6. The molecule has 0 aliphatic carbocycles. The molecule has 0 aliphatic rings. The van der Waals surface area contributed by atoms with Gasteiger partial charge in [0.05, 0.1) is 13.2 Å². The standard InChI is InChI=1S/C13H14N2O2/c16-13-6-7-14-12(8-13)9-15-17-10-11-4-2-1-3-5-11/h1-8,15H,9-10H2,(H,14,16). The number of hydrogen-bond donors (Lipinski definition) is 2. The fourth-order valence-corrected chi connectivity index (χ4v) is 1.43. The summed E-state index contributed by atoms with van der Waals surface area (Å²) in [6, 6.07) is 12.9. The molecule has 2 rings (SSSR count). The molecule has 88 valence electrons. The predicted molar refractivity (Wildman–Crippen MR) is 65.1 cm³/mol. The largest absolute Gasteiger partial charge is 0.364 e. The highest BCUT2D eigenvalue weighted by Crippen LogP contribution is 1.99. The van der Waals surface area contributed by atoms with Crippen LogP contribution in [-0.4, -0.2) is 4.98 Å². The fourth-order valence-electron chi connectivity index (χ4n) is 1.43. The molecule has 4 nitrogen and oxygen atoms in total. The number of pyridine rings is 1. The molecule has 0 aliphatic heterocycles. The van der Waals surface area contributed by atoms with E-state index in [9.17, 15) is 4.79 Å². The van der Waals surface area contributed by atoms with E-state index >= 15 is 0 Å². The molecule has 1 aromatic heterocycles. The van der Waals surface area contributed by atoms with E-state index in [4.69, 9.17) is 4.84 Å². The third-order valence-electron chi connectivity index (χ3n) is 2.28. The molecule has 0 radical (unpaired) electrons. The van der Waals surface area contributed by atoms with Crippen molar-refractivity contribution in [3.8, 4) is 0 Å². The number of hydroxylamine groups is 1. The van der Waals surface area contributed by atoms with E-state index in [2.05, 4.69) is 10.5 Å². The number of aromatic amines is 1. The molecular formula is C13H14N2O2. The lowest BCUT2D eigenvalue weighted by Gasteiger charge is -2.05. The Hall–Kier alpha value is -1.91. The predicted octanol–water partition coefficient (Wildman–Crippen LogP) is 1.60. The van der Waals surface area contributed by atoms with Crippen molar-refractivity contribution >= 4 is 0 Å². The first-order chi connectivity index (χ1) is 8.34. The van der Waals surface area contributed by atoms with Crippen LogP contribution in [0.1, 0.15) is 11.3 Å². The number of benzene rings is 1. The second kappa shape index (κ2) is 5.98. The van der Waals surface area contributed by atoms with Gasteiger partial charge >= 0.3 is 0 Å². The Morgan fingerprint density at radius 3 is 2.76 bits per heavy atom. The van der Waals surface area contributed by atoms with E-state index in [0.29, 0.717) is 13.2 Å². The van der Waals surface area contributed by atoms with E-state index in [1.165, 1.54) is 6.07 Å². The number of nitrogens with one attached hydrogen (secondary N) is 2. The van der Waals surface area contributed by atoms with Crippen molar-refractivity contribution in [2.75, 3.05) is 0 Å². The first kappa shape index (κ1) is 11.6. The smallest absolute Gasteiger partial charge is 0.181 e. The van der Waals surface area contributed by atoms with Gasteiger partial charge in [-0.1, -0.05) is 30.3 Å². The summed E-state index contributed by atoms with van der Waals surface area (Å²) in [6.07, 6.45) is 1.62. The molecule has 4 heteroatoms. The molecule has 0 saturated heterocycles. The van der Waals surface area contributed by atoms with Gasteiger partial charge in [0.15, 0.2) is 5.43 Å². The van der Waals surface area contributed by atoms with Crippen LogP contribution < -0.4 is 10.9 Å². The van der Waals surface area contributed by atoms with Crippen LogP contribution in [0, 0.1) is 0 Å². The van der Waals surface area contributed by atoms with E-state index in [-0.39, 0.29) is 5.43 Å². The summed E-state index contributed by atoms with van der Waals surface area (Å²) in [5.41, 5.74) is 4.69. The molecule has 17 heavy (non-hydrogen) atoms. The van der Waals surface area contributed by atoms with Crippen molar-refractivity contribution < 1.29 is 4.84 Å². The van der Waals surface area contributed by atoms with Gasteiger partial charge in [-0.3, -0.25) is 9.63 Å². The molecule has 0 fully saturated rings. The molecular weight excluding hydrogens is 216 g/mol. The second-order valence-corrected chi connectivity index (χ2v) is 3.65. The van der Waals surface area contributed by atoms with Crippen molar-refractivity contribution in [2.24, 2.45) is 0 Å². The number of H-pyrrole nitrogens is 1. The highest BCUT2D eigenvalue weighted by molar-refractivity contribution is 5.13. The summed E-state index contributed by atoms with van der Waals surface area (Å²) < 4.78 is 0. The quantitative estimate of drug-likeness (QED) is 0.606. The number of aromatic nitrogens is 1. The maximum atomic E-state index is 11.1. The molecule has 0 bridgehead atoms. The maximum absolute atomic E-state index is 11.1. The summed E-state index contributed by atoms with van der Waals surface area (Å²) in [5, 5.41) is 0. The van der Waals surface area contributed by atoms with Gasteiger partial charge in [0.1, 0.15) is 0 Å². The molecule has 0 saturated carbocycles.